The Morgan fingerprint density at radius 3 is 2.46 bits per heavy atom. The second-order valence-electron chi connectivity index (χ2n) is 6.17. The number of hydrogen-bond acceptors (Lipinski definition) is 3. The molecule has 1 heterocycles. The maximum absolute atomic E-state index is 13.1. The fourth-order valence-electron chi connectivity index (χ4n) is 3.40. The normalized spacial score (nSPS) is 13.7. The smallest absolute Gasteiger partial charge is 0.268 e. The van der Waals surface area contributed by atoms with E-state index < -0.39 is 0 Å². The van der Waals surface area contributed by atoms with E-state index in [-0.39, 0.29) is 11.8 Å². The fraction of sp³-hybridized carbons (Fsp3) is 0.100. The monoisotopic (exact) mass is 316 g/mol. The number of amides is 2. The first-order chi connectivity index (χ1) is 11.5. The summed E-state index contributed by atoms with van der Waals surface area (Å²) in [5.74, 6) is -0.676. The van der Waals surface area contributed by atoms with Crippen LogP contribution in [-0.2, 0) is 0 Å². The number of imide groups is 1. The number of hydrogen-bond donors (Lipinski definition) is 1. The molecule has 4 rings (SSSR count). The van der Waals surface area contributed by atoms with Crippen LogP contribution in [0, 0.1) is 13.8 Å². The van der Waals surface area contributed by atoms with Gasteiger partial charge in [-0.15, -0.1) is 0 Å². The first-order valence-corrected chi connectivity index (χ1v) is 7.76. The zero-order chi connectivity index (χ0) is 17.0. The van der Waals surface area contributed by atoms with Crippen molar-refractivity contribution >= 4 is 34.0 Å². The fourth-order valence-corrected chi connectivity index (χ4v) is 3.40. The highest BCUT2D eigenvalue weighted by Crippen LogP contribution is 2.36. The second kappa shape index (κ2) is 4.93. The predicted molar refractivity (Wildman–Crippen MR) is 95.4 cm³/mol. The Kier molecular flexibility index (Phi) is 2.97. The summed E-state index contributed by atoms with van der Waals surface area (Å²) in [4.78, 5) is 27.4. The third-order valence-electron chi connectivity index (χ3n) is 4.52. The Balaban J connectivity index is 2.03. The highest BCUT2D eigenvalue weighted by Gasteiger charge is 2.35. The van der Waals surface area contributed by atoms with Crippen molar-refractivity contribution in [1.29, 1.82) is 0 Å². The van der Waals surface area contributed by atoms with Crippen molar-refractivity contribution in [3.8, 4) is 0 Å². The standard InChI is InChI=1S/C20H16N2O2/c1-11-6-9-16(12(2)10-11)22-19(23)14-5-3-4-13-7-8-15(21)18(17(13)14)20(22)24/h3-10H,21H2,1-2H3. The van der Waals surface area contributed by atoms with E-state index in [0.717, 1.165) is 16.5 Å². The Labute approximate surface area is 139 Å². The van der Waals surface area contributed by atoms with E-state index in [9.17, 15) is 9.59 Å². The number of rotatable bonds is 1. The van der Waals surface area contributed by atoms with E-state index >= 15 is 0 Å². The van der Waals surface area contributed by atoms with Crippen LogP contribution < -0.4 is 10.6 Å². The van der Waals surface area contributed by atoms with Gasteiger partial charge in [0.15, 0.2) is 0 Å². The van der Waals surface area contributed by atoms with Gasteiger partial charge in [-0.25, -0.2) is 4.90 Å². The molecule has 0 atom stereocenters. The van der Waals surface area contributed by atoms with Crippen molar-refractivity contribution in [2.75, 3.05) is 10.6 Å². The number of benzene rings is 3. The molecule has 1 aliphatic heterocycles. The van der Waals surface area contributed by atoms with Crippen molar-refractivity contribution in [1.82, 2.24) is 0 Å². The molecule has 24 heavy (non-hydrogen) atoms. The third kappa shape index (κ3) is 1.86. The summed E-state index contributed by atoms with van der Waals surface area (Å²) in [5, 5.41) is 1.49. The van der Waals surface area contributed by atoms with Crippen molar-refractivity contribution in [2.24, 2.45) is 0 Å². The Bertz CT molecular complexity index is 1040. The van der Waals surface area contributed by atoms with Gasteiger partial charge in [0.05, 0.1) is 11.3 Å². The van der Waals surface area contributed by atoms with Gasteiger partial charge in [-0.3, -0.25) is 9.59 Å². The van der Waals surface area contributed by atoms with Crippen molar-refractivity contribution < 1.29 is 9.59 Å². The van der Waals surface area contributed by atoms with Crippen molar-refractivity contribution in [3.63, 3.8) is 0 Å². The Hall–Kier alpha value is -3.14. The Morgan fingerprint density at radius 1 is 0.917 bits per heavy atom. The topological polar surface area (TPSA) is 63.4 Å². The second-order valence-corrected chi connectivity index (χ2v) is 6.17. The number of nitrogens with zero attached hydrogens (tertiary/aromatic N) is 1. The molecular formula is C20H16N2O2. The van der Waals surface area contributed by atoms with Crippen LogP contribution in [0.3, 0.4) is 0 Å². The summed E-state index contributed by atoms with van der Waals surface area (Å²) >= 11 is 0. The van der Waals surface area contributed by atoms with E-state index in [4.69, 9.17) is 5.73 Å². The summed E-state index contributed by atoms with van der Waals surface area (Å²) in [6, 6.07) is 14.7. The molecule has 0 saturated carbocycles. The molecule has 0 bridgehead atoms. The van der Waals surface area contributed by atoms with Gasteiger partial charge in [0.1, 0.15) is 0 Å². The molecule has 3 aromatic rings. The van der Waals surface area contributed by atoms with Crippen LogP contribution in [0.25, 0.3) is 10.8 Å². The molecule has 0 unspecified atom stereocenters. The number of carbonyl (C=O) groups is 2. The summed E-state index contributed by atoms with van der Waals surface area (Å²) in [6.45, 7) is 3.87. The molecular weight excluding hydrogens is 300 g/mol. The zero-order valence-corrected chi connectivity index (χ0v) is 13.5. The minimum atomic E-state index is -0.367. The van der Waals surface area contributed by atoms with Gasteiger partial charge < -0.3 is 5.73 Å². The van der Waals surface area contributed by atoms with Gasteiger partial charge in [-0.05, 0) is 43.0 Å². The molecule has 0 radical (unpaired) electrons. The summed E-state index contributed by atoms with van der Waals surface area (Å²) in [5.41, 5.74) is 9.94. The highest BCUT2D eigenvalue weighted by molar-refractivity contribution is 6.37. The van der Waals surface area contributed by atoms with Gasteiger partial charge in [-0.1, -0.05) is 35.9 Å². The molecule has 1 aliphatic rings. The van der Waals surface area contributed by atoms with Gasteiger partial charge in [0.2, 0.25) is 0 Å². The molecule has 0 fully saturated rings. The predicted octanol–water partition coefficient (Wildman–Crippen LogP) is 3.84. The zero-order valence-electron chi connectivity index (χ0n) is 13.5. The molecule has 2 N–H and O–H groups in total. The molecule has 4 heteroatoms. The van der Waals surface area contributed by atoms with Crippen molar-refractivity contribution in [2.45, 2.75) is 13.8 Å². The minimum Gasteiger partial charge on any atom is -0.398 e. The first-order valence-electron chi connectivity index (χ1n) is 7.76. The van der Waals surface area contributed by atoms with Gasteiger partial charge in [0.25, 0.3) is 11.8 Å². The quantitative estimate of drug-likeness (QED) is 0.548. The largest absolute Gasteiger partial charge is 0.398 e. The lowest BCUT2D eigenvalue weighted by molar-refractivity contribution is 0.0894. The number of aryl methyl sites for hydroxylation is 2. The number of carbonyl (C=O) groups excluding carboxylic acids is 2. The van der Waals surface area contributed by atoms with Gasteiger partial charge >= 0.3 is 0 Å². The maximum Gasteiger partial charge on any atom is 0.268 e. The van der Waals surface area contributed by atoms with Crippen molar-refractivity contribution in [3.05, 3.63) is 70.8 Å². The van der Waals surface area contributed by atoms with Crippen LogP contribution in [0.15, 0.2) is 48.5 Å². The van der Waals surface area contributed by atoms with Crippen LogP contribution in [0.4, 0.5) is 11.4 Å². The summed E-state index contributed by atoms with van der Waals surface area (Å²) < 4.78 is 0. The molecule has 4 nitrogen and oxygen atoms in total. The van der Waals surface area contributed by atoms with Crippen LogP contribution >= 0.6 is 0 Å². The minimum absolute atomic E-state index is 0.310. The summed E-state index contributed by atoms with van der Waals surface area (Å²) in [6.07, 6.45) is 0. The van der Waals surface area contributed by atoms with Crippen LogP contribution in [0.5, 0.6) is 0 Å². The van der Waals surface area contributed by atoms with E-state index in [0.29, 0.717) is 27.9 Å². The van der Waals surface area contributed by atoms with Gasteiger partial charge in [-0.2, -0.15) is 0 Å². The third-order valence-corrected chi connectivity index (χ3v) is 4.52. The van der Waals surface area contributed by atoms with E-state index in [1.165, 1.54) is 4.90 Å². The summed E-state index contributed by atoms with van der Waals surface area (Å²) in [7, 11) is 0. The first kappa shape index (κ1) is 14.5. The molecule has 0 spiro atoms. The van der Waals surface area contributed by atoms with E-state index in [1.54, 1.807) is 12.1 Å². The molecule has 2 amide bonds. The molecule has 118 valence electrons. The number of nitrogen functional groups attached to an aromatic ring is 1. The van der Waals surface area contributed by atoms with E-state index in [1.807, 2.05) is 50.2 Å². The maximum atomic E-state index is 13.1. The SMILES string of the molecule is Cc1ccc(N2C(=O)c3cccc4ccc(N)c(c34)C2=O)c(C)c1. The van der Waals surface area contributed by atoms with Gasteiger partial charge in [0, 0.05) is 16.6 Å². The molecule has 3 aromatic carbocycles. The van der Waals surface area contributed by atoms with Crippen LogP contribution in [0.2, 0.25) is 0 Å². The van der Waals surface area contributed by atoms with E-state index in [2.05, 4.69) is 0 Å². The highest BCUT2D eigenvalue weighted by atomic mass is 16.2. The lowest BCUT2D eigenvalue weighted by Crippen LogP contribution is -2.41. The lowest BCUT2D eigenvalue weighted by atomic mass is 9.92. The average molecular weight is 316 g/mol. The van der Waals surface area contributed by atoms with Crippen LogP contribution in [0.1, 0.15) is 31.8 Å². The Morgan fingerprint density at radius 2 is 1.71 bits per heavy atom. The molecule has 0 saturated heterocycles. The molecule has 0 aliphatic carbocycles. The van der Waals surface area contributed by atoms with Crippen LogP contribution in [-0.4, -0.2) is 11.8 Å². The molecule has 0 aromatic heterocycles. The average Bonchev–Trinajstić information content (AvgIpc) is 2.55. The number of nitrogens with two attached hydrogens (primary N) is 1. The number of anilines is 2. The lowest BCUT2D eigenvalue weighted by Gasteiger charge is -2.29.